The lowest BCUT2D eigenvalue weighted by atomic mass is 10.0. The Bertz CT molecular complexity index is 2540. The summed E-state index contributed by atoms with van der Waals surface area (Å²) in [5.74, 6) is 0. The maximum atomic E-state index is 2.39. The normalized spacial score (nSPS) is 11.9. The molecule has 2 aliphatic rings. The second-order valence-corrected chi connectivity index (χ2v) is 16.4. The van der Waals surface area contributed by atoms with Crippen LogP contribution in [0.5, 0.6) is 0 Å². The van der Waals surface area contributed by atoms with E-state index in [1.165, 1.54) is 81.0 Å². The summed E-state index contributed by atoms with van der Waals surface area (Å²) in [6.45, 7) is 6.40. The Morgan fingerprint density at radius 1 is 0.357 bits per heavy atom. The van der Waals surface area contributed by atoms with Gasteiger partial charge in [-0.2, -0.15) is 0 Å². The highest BCUT2D eigenvalue weighted by Crippen LogP contribution is 2.48. The fraction of sp³-hybridized carbons (Fsp3) is 0.0943. The molecule has 0 radical (unpaired) electrons. The van der Waals surface area contributed by atoms with Gasteiger partial charge in [0.2, 0.25) is 0 Å². The molecular formula is C53H45NS2. The molecule has 0 unspecified atom stereocenters. The number of benzene rings is 8. The van der Waals surface area contributed by atoms with Gasteiger partial charge in [-0.15, -0.1) is 0 Å². The topological polar surface area (TPSA) is 3.24 Å². The third-order valence-corrected chi connectivity index (χ3v) is 12.9. The quantitative estimate of drug-likeness (QED) is 0.176. The van der Waals surface area contributed by atoms with Gasteiger partial charge in [0, 0.05) is 31.0 Å². The second kappa shape index (κ2) is 17.4. The summed E-state index contributed by atoms with van der Waals surface area (Å²) in [5.41, 5.74) is 15.8. The van der Waals surface area contributed by atoms with Gasteiger partial charge in [0.05, 0.1) is 5.69 Å². The fourth-order valence-electron chi connectivity index (χ4n) is 7.22. The van der Waals surface area contributed by atoms with Crippen molar-refractivity contribution in [3.63, 3.8) is 0 Å². The van der Waals surface area contributed by atoms with E-state index in [9.17, 15) is 0 Å². The Morgan fingerprint density at radius 3 is 1.39 bits per heavy atom. The Hall–Kier alpha value is -5.74. The Labute approximate surface area is 341 Å². The molecule has 1 nitrogen and oxygen atoms in total. The van der Waals surface area contributed by atoms with Crippen LogP contribution < -0.4 is 4.90 Å². The highest BCUT2D eigenvalue weighted by Gasteiger charge is 2.23. The zero-order valence-corrected chi connectivity index (χ0v) is 33.8. The van der Waals surface area contributed by atoms with Gasteiger partial charge in [0.25, 0.3) is 0 Å². The largest absolute Gasteiger partial charge is 0.309 e. The first-order valence-electron chi connectivity index (χ1n) is 19.3. The molecule has 0 aromatic heterocycles. The number of fused-ring (bicyclic) bond motifs is 4. The van der Waals surface area contributed by atoms with Crippen LogP contribution >= 0.6 is 23.5 Å². The third kappa shape index (κ3) is 8.55. The van der Waals surface area contributed by atoms with Gasteiger partial charge in [-0.3, -0.25) is 0 Å². The van der Waals surface area contributed by atoms with Crippen molar-refractivity contribution in [1.82, 2.24) is 0 Å². The summed E-state index contributed by atoms with van der Waals surface area (Å²) in [5, 5.41) is 0. The van der Waals surface area contributed by atoms with Gasteiger partial charge < -0.3 is 4.90 Å². The zero-order chi connectivity index (χ0) is 38.3. The van der Waals surface area contributed by atoms with Crippen molar-refractivity contribution in [3.8, 4) is 11.1 Å². The van der Waals surface area contributed by atoms with E-state index in [4.69, 9.17) is 0 Å². The number of hydrogen-bond donors (Lipinski definition) is 0. The lowest BCUT2D eigenvalue weighted by Crippen LogP contribution is -2.13. The van der Waals surface area contributed by atoms with Crippen LogP contribution in [0.25, 0.3) is 11.1 Å². The highest BCUT2D eigenvalue weighted by molar-refractivity contribution is 8.00. The molecule has 0 saturated heterocycles. The third-order valence-electron chi connectivity index (χ3n) is 10.2. The second-order valence-electron chi connectivity index (χ2n) is 14.3. The molecule has 3 heteroatoms. The minimum atomic E-state index is 0.974. The molecule has 8 aromatic carbocycles. The Balaban J connectivity index is 0.000000163. The average Bonchev–Trinajstić information content (AvgIpc) is 3.24. The van der Waals surface area contributed by atoms with Gasteiger partial charge in [0.1, 0.15) is 0 Å². The molecule has 56 heavy (non-hydrogen) atoms. The minimum absolute atomic E-state index is 0.974. The smallest absolute Gasteiger partial charge is 0.0604 e. The van der Waals surface area contributed by atoms with Gasteiger partial charge >= 0.3 is 0 Å². The first kappa shape index (κ1) is 37.2. The molecular weight excluding hydrogens is 715 g/mol. The average molecular weight is 760 g/mol. The molecule has 0 aliphatic carbocycles. The van der Waals surface area contributed by atoms with Crippen LogP contribution in [0.4, 0.5) is 17.1 Å². The maximum absolute atomic E-state index is 2.39. The van der Waals surface area contributed by atoms with Crippen molar-refractivity contribution in [3.05, 3.63) is 233 Å². The predicted molar refractivity (Wildman–Crippen MR) is 240 cm³/mol. The molecule has 0 amide bonds. The van der Waals surface area contributed by atoms with Crippen LogP contribution in [-0.4, -0.2) is 0 Å². The van der Waals surface area contributed by atoms with E-state index < -0.39 is 0 Å². The predicted octanol–water partition coefficient (Wildman–Crippen LogP) is 15.2. The van der Waals surface area contributed by atoms with Crippen molar-refractivity contribution in [2.75, 3.05) is 4.90 Å². The van der Waals surface area contributed by atoms with Crippen LogP contribution in [0.1, 0.15) is 38.9 Å². The number of anilines is 3. The van der Waals surface area contributed by atoms with Crippen molar-refractivity contribution in [1.29, 1.82) is 0 Å². The molecule has 2 aliphatic heterocycles. The molecule has 0 N–H and O–H groups in total. The number of para-hydroxylation sites is 1. The first-order chi connectivity index (χ1) is 27.5. The number of hydrogen-bond acceptors (Lipinski definition) is 3. The van der Waals surface area contributed by atoms with E-state index in [1.54, 1.807) is 0 Å². The van der Waals surface area contributed by atoms with Gasteiger partial charge in [-0.05, 0) is 115 Å². The molecule has 8 aromatic rings. The van der Waals surface area contributed by atoms with E-state index in [1.807, 2.05) is 41.7 Å². The first-order valence-corrected chi connectivity index (χ1v) is 20.9. The summed E-state index contributed by atoms with van der Waals surface area (Å²) < 4.78 is 0. The maximum Gasteiger partial charge on any atom is 0.0604 e. The zero-order valence-electron chi connectivity index (χ0n) is 32.2. The molecule has 0 bridgehead atoms. The van der Waals surface area contributed by atoms with Crippen molar-refractivity contribution < 1.29 is 0 Å². The van der Waals surface area contributed by atoms with Crippen LogP contribution in [0.15, 0.2) is 214 Å². The fourth-order valence-corrected chi connectivity index (χ4v) is 9.53. The number of nitrogens with zero attached hydrogens (tertiary/aromatic N) is 1. The highest BCUT2D eigenvalue weighted by atomic mass is 32.2. The number of rotatable bonds is 4. The van der Waals surface area contributed by atoms with E-state index in [0.29, 0.717) is 0 Å². The Kier molecular flexibility index (Phi) is 11.5. The summed E-state index contributed by atoms with van der Waals surface area (Å²) in [7, 11) is 0. The SMILES string of the molecule is Cc1ccc(-c2ccc(N(c3ccccc3)c3cccc4c3Sc3ccccc3C4)cc2)cc1.Cc1cccc2c1Sc1ccccc1C2.Cc1ccccc1. The van der Waals surface area contributed by atoms with E-state index in [0.717, 1.165) is 18.5 Å². The number of aryl methyl sites for hydroxylation is 3. The van der Waals surface area contributed by atoms with E-state index in [2.05, 4.69) is 202 Å². The standard InChI is InChI=1S/C32H25NS.C14H12S.C7H8/c1-23-14-16-24(17-15-23)25-18-20-29(21-19-25)33(28-10-3-2-4-11-28)30-12-7-9-27-22-26-8-5-6-13-31(26)34-32(27)30;1-10-5-4-7-12-9-11-6-2-3-8-13(11)15-14(10)12;1-7-5-3-2-4-6-7/h2-21H,22H2,1H3;2-8H,9H2,1H3;2-6H,1H3. The molecule has 0 atom stereocenters. The monoisotopic (exact) mass is 759 g/mol. The lowest BCUT2D eigenvalue weighted by molar-refractivity contribution is 1.04. The minimum Gasteiger partial charge on any atom is -0.309 e. The summed E-state index contributed by atoms with van der Waals surface area (Å²) in [6, 6.07) is 69.4. The molecule has 2 heterocycles. The van der Waals surface area contributed by atoms with E-state index in [-0.39, 0.29) is 0 Å². The van der Waals surface area contributed by atoms with Gasteiger partial charge in [-0.1, -0.05) is 186 Å². The molecule has 10 rings (SSSR count). The summed E-state index contributed by atoms with van der Waals surface area (Å²) in [4.78, 5) is 7.95. The Morgan fingerprint density at radius 2 is 0.804 bits per heavy atom. The summed E-state index contributed by atoms with van der Waals surface area (Å²) in [6.07, 6.45) is 2.06. The molecule has 0 saturated carbocycles. The van der Waals surface area contributed by atoms with Crippen LogP contribution in [0.2, 0.25) is 0 Å². The van der Waals surface area contributed by atoms with Gasteiger partial charge in [0.15, 0.2) is 0 Å². The van der Waals surface area contributed by atoms with Crippen LogP contribution in [0, 0.1) is 20.8 Å². The van der Waals surface area contributed by atoms with Crippen molar-refractivity contribution >= 4 is 40.6 Å². The van der Waals surface area contributed by atoms with Crippen LogP contribution in [0.3, 0.4) is 0 Å². The van der Waals surface area contributed by atoms with Crippen molar-refractivity contribution in [2.24, 2.45) is 0 Å². The molecule has 0 fully saturated rings. The molecule has 0 spiro atoms. The molecule has 274 valence electrons. The van der Waals surface area contributed by atoms with Crippen LogP contribution in [-0.2, 0) is 12.8 Å². The van der Waals surface area contributed by atoms with Gasteiger partial charge in [-0.25, -0.2) is 0 Å². The van der Waals surface area contributed by atoms with Crippen molar-refractivity contribution in [2.45, 2.75) is 53.2 Å². The lowest BCUT2D eigenvalue weighted by Gasteiger charge is -2.30. The summed E-state index contributed by atoms with van der Waals surface area (Å²) >= 11 is 3.80. The van der Waals surface area contributed by atoms with E-state index >= 15 is 0 Å².